The van der Waals surface area contributed by atoms with Crippen molar-refractivity contribution in [1.29, 1.82) is 0 Å². The van der Waals surface area contributed by atoms with Gasteiger partial charge in [-0.3, -0.25) is 0 Å². The molecule has 9 rings (SSSR count). The van der Waals surface area contributed by atoms with E-state index >= 15 is 0 Å². The van der Waals surface area contributed by atoms with Gasteiger partial charge in [0.1, 0.15) is 11.2 Å². The van der Waals surface area contributed by atoms with Crippen LogP contribution < -0.4 is 0 Å². The van der Waals surface area contributed by atoms with E-state index in [1.54, 1.807) is 0 Å². The van der Waals surface area contributed by atoms with E-state index in [9.17, 15) is 0 Å². The molecule has 2 heterocycles. The lowest BCUT2D eigenvalue weighted by Gasteiger charge is -2.14. The molecule has 0 fully saturated rings. The fourth-order valence-electron chi connectivity index (χ4n) is 6.35. The van der Waals surface area contributed by atoms with Gasteiger partial charge in [-0.1, -0.05) is 127 Å². The summed E-state index contributed by atoms with van der Waals surface area (Å²) in [6.45, 7) is 0. The number of fused-ring (bicyclic) bond motifs is 4. The Morgan fingerprint density at radius 2 is 0.915 bits per heavy atom. The second-order valence-electron chi connectivity index (χ2n) is 11.7. The van der Waals surface area contributed by atoms with Crippen LogP contribution in [0.1, 0.15) is 0 Å². The maximum atomic E-state index is 6.25. The molecule has 0 N–H and O–H groups in total. The van der Waals surface area contributed by atoms with Gasteiger partial charge in [-0.15, -0.1) is 0 Å². The van der Waals surface area contributed by atoms with Gasteiger partial charge < -0.3 is 4.42 Å². The minimum absolute atomic E-state index is 0.590. The Morgan fingerprint density at radius 1 is 0.319 bits per heavy atom. The minimum Gasteiger partial charge on any atom is -0.456 e. The van der Waals surface area contributed by atoms with E-state index in [0.29, 0.717) is 17.5 Å². The molecule has 0 bridgehead atoms. The van der Waals surface area contributed by atoms with E-state index in [0.717, 1.165) is 66.3 Å². The number of nitrogens with zero attached hydrogens (tertiary/aromatic N) is 3. The van der Waals surface area contributed by atoms with Crippen LogP contribution in [0.4, 0.5) is 0 Å². The lowest BCUT2D eigenvalue weighted by molar-refractivity contribution is 0.669. The van der Waals surface area contributed by atoms with Crippen LogP contribution in [0, 0.1) is 0 Å². The third-order valence-electron chi connectivity index (χ3n) is 8.73. The first-order chi connectivity index (χ1) is 23.3. The Labute approximate surface area is 271 Å². The summed E-state index contributed by atoms with van der Waals surface area (Å²) in [6, 6.07) is 56.4. The zero-order valence-electron chi connectivity index (χ0n) is 25.3. The molecule has 0 spiro atoms. The number of rotatable bonds is 5. The van der Waals surface area contributed by atoms with Gasteiger partial charge in [-0.25, -0.2) is 15.0 Å². The molecule has 0 aliphatic heterocycles. The van der Waals surface area contributed by atoms with Gasteiger partial charge in [0.25, 0.3) is 0 Å². The molecular formula is C43H27N3O. The molecule has 7 aromatic carbocycles. The topological polar surface area (TPSA) is 51.8 Å². The quantitative estimate of drug-likeness (QED) is 0.197. The molecule has 4 heteroatoms. The Balaban J connectivity index is 1.27. The first-order valence-electron chi connectivity index (χ1n) is 15.7. The van der Waals surface area contributed by atoms with E-state index in [1.807, 2.05) is 36.4 Å². The second-order valence-corrected chi connectivity index (χ2v) is 11.7. The molecule has 0 saturated carbocycles. The van der Waals surface area contributed by atoms with E-state index in [-0.39, 0.29) is 0 Å². The molecular weight excluding hydrogens is 574 g/mol. The molecule has 2 aromatic heterocycles. The Morgan fingerprint density at radius 3 is 1.72 bits per heavy atom. The molecule has 0 atom stereocenters. The zero-order chi connectivity index (χ0) is 31.2. The number of hydrogen-bond donors (Lipinski definition) is 0. The predicted octanol–water partition coefficient (Wildman–Crippen LogP) is 11.3. The molecule has 0 aliphatic rings. The highest BCUT2D eigenvalue weighted by atomic mass is 16.3. The third kappa shape index (κ3) is 4.93. The highest BCUT2D eigenvalue weighted by molar-refractivity contribution is 6.05. The Kier molecular flexibility index (Phi) is 6.43. The van der Waals surface area contributed by atoms with Crippen LogP contribution in [0.3, 0.4) is 0 Å². The maximum absolute atomic E-state index is 6.25. The predicted molar refractivity (Wildman–Crippen MR) is 192 cm³/mol. The summed E-state index contributed by atoms with van der Waals surface area (Å²) in [5.41, 5.74) is 8.83. The minimum atomic E-state index is 0.590. The number of aromatic nitrogens is 3. The number of hydrogen-bond acceptors (Lipinski definition) is 4. The summed E-state index contributed by atoms with van der Waals surface area (Å²) in [5, 5.41) is 4.46. The van der Waals surface area contributed by atoms with Crippen molar-refractivity contribution in [1.82, 2.24) is 15.0 Å². The average molecular weight is 602 g/mol. The van der Waals surface area contributed by atoms with Crippen molar-refractivity contribution in [2.45, 2.75) is 0 Å². The lowest BCUT2D eigenvalue weighted by atomic mass is 9.94. The molecule has 0 unspecified atom stereocenters. The summed E-state index contributed by atoms with van der Waals surface area (Å²) in [7, 11) is 0. The molecule has 9 aromatic rings. The van der Waals surface area contributed by atoms with Gasteiger partial charge in [0.2, 0.25) is 0 Å². The monoisotopic (exact) mass is 601 g/mol. The molecule has 0 saturated heterocycles. The van der Waals surface area contributed by atoms with Gasteiger partial charge in [0, 0.05) is 27.5 Å². The molecule has 220 valence electrons. The number of furan rings is 1. The van der Waals surface area contributed by atoms with Crippen LogP contribution >= 0.6 is 0 Å². The highest BCUT2D eigenvalue weighted by Gasteiger charge is 2.18. The lowest BCUT2D eigenvalue weighted by Crippen LogP contribution is -2.01. The number of para-hydroxylation sites is 1. The van der Waals surface area contributed by atoms with Crippen LogP contribution in [-0.2, 0) is 0 Å². The van der Waals surface area contributed by atoms with Crippen molar-refractivity contribution < 1.29 is 4.42 Å². The van der Waals surface area contributed by atoms with Gasteiger partial charge in [0.15, 0.2) is 17.5 Å². The SMILES string of the molecule is c1ccc(-c2ccc(-c3nc(-c4ccc5ccccc5c4)nc(-c4ccc5c(c4)oc4ccccc45)n3)c(-c3ccccc3)c2)cc1. The summed E-state index contributed by atoms with van der Waals surface area (Å²) >= 11 is 0. The summed E-state index contributed by atoms with van der Waals surface area (Å²) < 4.78 is 6.25. The first-order valence-corrected chi connectivity index (χ1v) is 15.7. The summed E-state index contributed by atoms with van der Waals surface area (Å²) in [5.74, 6) is 1.82. The summed E-state index contributed by atoms with van der Waals surface area (Å²) in [6.07, 6.45) is 0. The van der Waals surface area contributed by atoms with Crippen LogP contribution in [-0.4, -0.2) is 15.0 Å². The third-order valence-corrected chi connectivity index (χ3v) is 8.73. The normalized spacial score (nSPS) is 11.4. The molecule has 4 nitrogen and oxygen atoms in total. The van der Waals surface area contributed by atoms with E-state index in [4.69, 9.17) is 19.4 Å². The van der Waals surface area contributed by atoms with Gasteiger partial charge in [-0.2, -0.15) is 0 Å². The van der Waals surface area contributed by atoms with Crippen molar-refractivity contribution in [2.75, 3.05) is 0 Å². The van der Waals surface area contributed by atoms with Gasteiger partial charge in [-0.05, 0) is 69.4 Å². The van der Waals surface area contributed by atoms with E-state index in [1.165, 1.54) is 5.39 Å². The van der Waals surface area contributed by atoms with Gasteiger partial charge >= 0.3 is 0 Å². The standard InChI is InChI=1S/C43H27N3O/c1-3-11-28(12-4-1)32-21-24-37(38(26-32)30-14-5-2-6-15-30)43-45-41(33-20-19-29-13-7-8-16-31(29)25-33)44-42(46-43)34-22-23-36-35-17-9-10-18-39(35)47-40(36)27-34/h1-27H. The van der Waals surface area contributed by atoms with Crippen molar-refractivity contribution >= 4 is 32.7 Å². The van der Waals surface area contributed by atoms with Crippen LogP contribution in [0.25, 0.3) is 89.1 Å². The fourth-order valence-corrected chi connectivity index (χ4v) is 6.35. The van der Waals surface area contributed by atoms with Crippen LogP contribution in [0.5, 0.6) is 0 Å². The van der Waals surface area contributed by atoms with E-state index < -0.39 is 0 Å². The summed E-state index contributed by atoms with van der Waals surface area (Å²) in [4.78, 5) is 15.4. The molecule has 0 aliphatic carbocycles. The van der Waals surface area contributed by atoms with E-state index in [2.05, 4.69) is 127 Å². The molecule has 0 radical (unpaired) electrons. The number of benzene rings is 7. The van der Waals surface area contributed by atoms with Gasteiger partial charge in [0.05, 0.1) is 0 Å². The van der Waals surface area contributed by atoms with Crippen molar-refractivity contribution in [3.05, 3.63) is 164 Å². The van der Waals surface area contributed by atoms with Crippen molar-refractivity contribution in [3.63, 3.8) is 0 Å². The fraction of sp³-hybridized carbons (Fsp3) is 0. The van der Waals surface area contributed by atoms with Crippen molar-refractivity contribution in [3.8, 4) is 56.4 Å². The van der Waals surface area contributed by atoms with Crippen LogP contribution in [0.2, 0.25) is 0 Å². The Hall–Kier alpha value is -6.39. The highest BCUT2D eigenvalue weighted by Crippen LogP contribution is 2.37. The molecule has 47 heavy (non-hydrogen) atoms. The van der Waals surface area contributed by atoms with Crippen molar-refractivity contribution in [2.24, 2.45) is 0 Å². The first kappa shape index (κ1) is 27.0. The Bertz CT molecular complexity index is 2570. The largest absolute Gasteiger partial charge is 0.456 e. The zero-order valence-corrected chi connectivity index (χ0v) is 25.3. The average Bonchev–Trinajstić information content (AvgIpc) is 3.53. The second kappa shape index (κ2) is 11.2. The van der Waals surface area contributed by atoms with Crippen LogP contribution in [0.15, 0.2) is 168 Å². The smallest absolute Gasteiger partial charge is 0.164 e. The molecule has 0 amide bonds. The maximum Gasteiger partial charge on any atom is 0.164 e.